The van der Waals surface area contributed by atoms with E-state index in [0.29, 0.717) is 11.5 Å². The topological polar surface area (TPSA) is 29.1 Å². The van der Waals surface area contributed by atoms with Crippen LogP contribution in [0.3, 0.4) is 0 Å². The van der Waals surface area contributed by atoms with Gasteiger partial charge in [-0.1, -0.05) is 13.8 Å². The lowest BCUT2D eigenvalue weighted by Gasteiger charge is -2.04. The second kappa shape index (κ2) is 3.59. The van der Waals surface area contributed by atoms with Crippen molar-refractivity contribution < 1.29 is 4.79 Å². The summed E-state index contributed by atoms with van der Waals surface area (Å²) in [7, 11) is 0. The zero-order valence-electron chi connectivity index (χ0n) is 9.06. The molecule has 1 unspecified atom stereocenters. The first-order chi connectivity index (χ1) is 6.90. The molecule has 2 nitrogen and oxygen atoms in total. The third kappa shape index (κ3) is 2.26. The van der Waals surface area contributed by atoms with Crippen LogP contribution in [0, 0.1) is 12.3 Å². The van der Waals surface area contributed by atoms with E-state index in [4.69, 9.17) is 0 Å². The molecule has 1 heterocycles. The predicted molar refractivity (Wildman–Crippen MR) is 66.4 cm³/mol. The summed E-state index contributed by atoms with van der Waals surface area (Å²) in [6.07, 6.45) is 1.09. The summed E-state index contributed by atoms with van der Waals surface area (Å²) in [5.74, 6) is 0.0596. The Hall–Kier alpha value is -0.350. The number of hydrogen-bond donors (Lipinski definition) is 1. The van der Waals surface area contributed by atoms with E-state index in [0.717, 1.165) is 20.6 Å². The highest BCUT2D eigenvalue weighted by Gasteiger charge is 2.46. The van der Waals surface area contributed by atoms with Crippen molar-refractivity contribution in [2.24, 2.45) is 5.41 Å². The second-order valence-electron chi connectivity index (χ2n) is 4.79. The summed E-state index contributed by atoms with van der Waals surface area (Å²) in [5.41, 5.74) is 1.42. The highest BCUT2D eigenvalue weighted by Crippen LogP contribution is 2.44. The molecular formula is C11H14BrNOS. The van der Waals surface area contributed by atoms with E-state index in [-0.39, 0.29) is 5.91 Å². The number of halogens is 1. The van der Waals surface area contributed by atoms with Gasteiger partial charge in [0.2, 0.25) is 0 Å². The molecule has 2 rings (SSSR count). The fourth-order valence-electron chi connectivity index (χ4n) is 1.51. The summed E-state index contributed by atoms with van der Waals surface area (Å²) in [4.78, 5) is 12.6. The first-order valence-electron chi connectivity index (χ1n) is 4.97. The van der Waals surface area contributed by atoms with Crippen molar-refractivity contribution in [1.29, 1.82) is 0 Å². The molecule has 1 amide bonds. The van der Waals surface area contributed by atoms with E-state index in [9.17, 15) is 4.79 Å². The third-order valence-corrected chi connectivity index (χ3v) is 5.04. The molecule has 1 fully saturated rings. The Morgan fingerprint density at radius 2 is 2.27 bits per heavy atom. The predicted octanol–water partition coefficient (Wildman–Crippen LogP) is 3.35. The van der Waals surface area contributed by atoms with Crippen molar-refractivity contribution in [1.82, 2.24) is 5.32 Å². The molecule has 1 aromatic rings. The van der Waals surface area contributed by atoms with Crippen LogP contribution in [-0.4, -0.2) is 11.9 Å². The van der Waals surface area contributed by atoms with Crippen molar-refractivity contribution in [3.8, 4) is 0 Å². The maximum atomic E-state index is 11.8. The van der Waals surface area contributed by atoms with E-state index in [1.165, 1.54) is 11.3 Å². The quantitative estimate of drug-likeness (QED) is 0.888. The van der Waals surface area contributed by atoms with Gasteiger partial charge in [-0.15, -0.1) is 11.3 Å². The molecule has 0 aliphatic heterocycles. The van der Waals surface area contributed by atoms with Crippen molar-refractivity contribution in [2.75, 3.05) is 0 Å². The van der Waals surface area contributed by atoms with Gasteiger partial charge < -0.3 is 5.32 Å². The highest BCUT2D eigenvalue weighted by molar-refractivity contribution is 9.11. The summed E-state index contributed by atoms with van der Waals surface area (Å²) < 4.78 is 1.04. The number of carbonyl (C=O) groups excluding carboxylic acids is 1. The standard InChI is InChI=1S/C11H14BrNOS/c1-6-4-7(15-9(6)12)10(14)13-8-5-11(8,2)3/h4,8H,5H2,1-3H3,(H,13,14). The molecule has 82 valence electrons. The molecule has 0 bridgehead atoms. The minimum absolute atomic E-state index is 0.0596. The summed E-state index contributed by atoms with van der Waals surface area (Å²) >= 11 is 4.92. The monoisotopic (exact) mass is 287 g/mol. The fourth-order valence-corrected chi connectivity index (χ4v) is 2.95. The van der Waals surface area contributed by atoms with Crippen LogP contribution in [0.2, 0.25) is 0 Å². The van der Waals surface area contributed by atoms with Gasteiger partial charge in [0, 0.05) is 6.04 Å². The van der Waals surface area contributed by atoms with Crippen LogP contribution in [0.15, 0.2) is 9.85 Å². The number of rotatable bonds is 2. The third-order valence-electron chi connectivity index (χ3n) is 2.90. The average molecular weight is 288 g/mol. The van der Waals surface area contributed by atoms with Crippen molar-refractivity contribution in [3.05, 3.63) is 20.3 Å². The highest BCUT2D eigenvalue weighted by atomic mass is 79.9. The molecular weight excluding hydrogens is 274 g/mol. The zero-order chi connectivity index (χ0) is 11.2. The van der Waals surface area contributed by atoms with Crippen LogP contribution in [0.4, 0.5) is 0 Å². The SMILES string of the molecule is Cc1cc(C(=O)NC2CC2(C)C)sc1Br. The van der Waals surface area contributed by atoms with Gasteiger partial charge in [0.1, 0.15) is 0 Å². The Labute approximate surface area is 102 Å². The largest absolute Gasteiger partial charge is 0.348 e. The number of thiophene rings is 1. The lowest BCUT2D eigenvalue weighted by molar-refractivity contribution is 0.0950. The van der Waals surface area contributed by atoms with Crippen molar-refractivity contribution in [2.45, 2.75) is 33.2 Å². The van der Waals surface area contributed by atoms with Gasteiger partial charge in [0.25, 0.3) is 5.91 Å². The van der Waals surface area contributed by atoms with E-state index in [2.05, 4.69) is 35.1 Å². The van der Waals surface area contributed by atoms with Crippen LogP contribution in [0.25, 0.3) is 0 Å². The fraction of sp³-hybridized carbons (Fsp3) is 0.545. The summed E-state index contributed by atoms with van der Waals surface area (Å²) in [6.45, 7) is 6.35. The minimum atomic E-state index is 0.0596. The van der Waals surface area contributed by atoms with Gasteiger partial charge in [-0.3, -0.25) is 4.79 Å². The second-order valence-corrected chi connectivity index (χ2v) is 7.16. The molecule has 0 saturated heterocycles. The van der Waals surface area contributed by atoms with Crippen LogP contribution >= 0.6 is 27.3 Å². The molecule has 0 radical (unpaired) electrons. The van der Waals surface area contributed by atoms with Gasteiger partial charge in [-0.25, -0.2) is 0 Å². The van der Waals surface area contributed by atoms with Gasteiger partial charge in [0.05, 0.1) is 8.66 Å². The Morgan fingerprint density at radius 1 is 1.67 bits per heavy atom. The normalized spacial score (nSPS) is 22.5. The molecule has 1 aromatic heterocycles. The number of carbonyl (C=O) groups is 1. The first-order valence-corrected chi connectivity index (χ1v) is 6.58. The molecule has 1 aliphatic rings. The van der Waals surface area contributed by atoms with Crippen molar-refractivity contribution in [3.63, 3.8) is 0 Å². The Balaban J connectivity index is 2.03. The zero-order valence-corrected chi connectivity index (χ0v) is 11.5. The molecule has 1 saturated carbocycles. The van der Waals surface area contributed by atoms with E-state index < -0.39 is 0 Å². The molecule has 1 atom stereocenters. The molecule has 1 N–H and O–H groups in total. The van der Waals surface area contributed by atoms with Gasteiger partial charge in [-0.05, 0) is 46.3 Å². The maximum absolute atomic E-state index is 11.8. The Morgan fingerprint density at radius 3 is 2.67 bits per heavy atom. The molecule has 15 heavy (non-hydrogen) atoms. The first kappa shape index (κ1) is 11.1. The molecule has 0 aromatic carbocycles. The van der Waals surface area contributed by atoms with Crippen LogP contribution in [0.5, 0.6) is 0 Å². The van der Waals surface area contributed by atoms with Gasteiger partial charge in [-0.2, -0.15) is 0 Å². The van der Waals surface area contributed by atoms with E-state index >= 15 is 0 Å². The minimum Gasteiger partial charge on any atom is -0.348 e. The molecule has 1 aliphatic carbocycles. The van der Waals surface area contributed by atoms with Crippen molar-refractivity contribution >= 4 is 33.2 Å². The summed E-state index contributed by atoms with van der Waals surface area (Å²) in [6, 6.07) is 2.28. The van der Waals surface area contributed by atoms with Gasteiger partial charge >= 0.3 is 0 Å². The Bertz CT molecular complexity index is 391. The number of hydrogen-bond acceptors (Lipinski definition) is 2. The maximum Gasteiger partial charge on any atom is 0.261 e. The van der Waals surface area contributed by atoms with E-state index in [1.54, 1.807) is 0 Å². The smallest absolute Gasteiger partial charge is 0.261 e. The lowest BCUT2D eigenvalue weighted by Crippen LogP contribution is -2.27. The van der Waals surface area contributed by atoms with Crippen LogP contribution < -0.4 is 5.32 Å². The number of amides is 1. The Kier molecular flexibility index (Phi) is 2.67. The average Bonchev–Trinajstić information content (AvgIpc) is 2.55. The van der Waals surface area contributed by atoms with Crippen LogP contribution in [0.1, 0.15) is 35.5 Å². The lowest BCUT2D eigenvalue weighted by atomic mass is 10.2. The number of aryl methyl sites for hydroxylation is 1. The molecule has 4 heteroatoms. The summed E-state index contributed by atoms with van der Waals surface area (Å²) in [5, 5.41) is 3.05. The molecule has 0 spiro atoms. The number of nitrogens with one attached hydrogen (secondary N) is 1. The van der Waals surface area contributed by atoms with Gasteiger partial charge in [0.15, 0.2) is 0 Å². The van der Waals surface area contributed by atoms with E-state index in [1.807, 2.05) is 13.0 Å². The van der Waals surface area contributed by atoms with Crippen LogP contribution in [-0.2, 0) is 0 Å².